The average molecular weight is 265 g/mol. The van der Waals surface area contributed by atoms with Crippen LogP contribution >= 0.6 is 0 Å². The highest BCUT2D eigenvalue weighted by Crippen LogP contribution is 2.33. The van der Waals surface area contributed by atoms with Gasteiger partial charge in [0.1, 0.15) is 6.10 Å². The standard InChI is InChI=1S/C14H19NO4/c1-10-13(14(16)15-8-5-9-17-2)19-12-7-4-3-6-11(12)18-10/h3-4,6-7,10,13H,5,8-9H2,1-2H3,(H,15,16). The normalized spacial score (nSPS) is 20.9. The Morgan fingerprint density at radius 2 is 2.00 bits per heavy atom. The second kappa shape index (κ2) is 6.43. The second-order valence-electron chi connectivity index (χ2n) is 4.45. The minimum absolute atomic E-state index is 0.155. The van der Waals surface area contributed by atoms with Gasteiger partial charge in [-0.1, -0.05) is 12.1 Å². The molecule has 1 aliphatic heterocycles. The van der Waals surface area contributed by atoms with E-state index >= 15 is 0 Å². The molecule has 2 atom stereocenters. The smallest absolute Gasteiger partial charge is 0.265 e. The summed E-state index contributed by atoms with van der Waals surface area (Å²) in [7, 11) is 1.64. The number of para-hydroxylation sites is 2. The fraction of sp³-hybridized carbons (Fsp3) is 0.500. The molecule has 0 spiro atoms. The lowest BCUT2D eigenvalue weighted by atomic mass is 10.1. The van der Waals surface area contributed by atoms with E-state index in [1.54, 1.807) is 13.2 Å². The monoisotopic (exact) mass is 265 g/mol. The van der Waals surface area contributed by atoms with Gasteiger partial charge in [0.15, 0.2) is 11.5 Å². The van der Waals surface area contributed by atoms with E-state index in [1.165, 1.54) is 0 Å². The summed E-state index contributed by atoms with van der Waals surface area (Å²) in [5.41, 5.74) is 0. The SMILES string of the molecule is COCCCNC(=O)C1Oc2ccccc2OC1C. The third-order valence-electron chi connectivity index (χ3n) is 2.93. The molecule has 1 N–H and O–H groups in total. The topological polar surface area (TPSA) is 56.8 Å². The highest BCUT2D eigenvalue weighted by molar-refractivity contribution is 5.82. The Hall–Kier alpha value is -1.75. The molecular weight excluding hydrogens is 246 g/mol. The van der Waals surface area contributed by atoms with Crippen molar-refractivity contribution in [1.82, 2.24) is 5.32 Å². The molecule has 0 radical (unpaired) electrons. The van der Waals surface area contributed by atoms with Gasteiger partial charge in [-0.15, -0.1) is 0 Å². The van der Waals surface area contributed by atoms with Crippen LogP contribution in [-0.2, 0) is 9.53 Å². The predicted octanol–water partition coefficient (Wildman–Crippen LogP) is 1.37. The number of carbonyl (C=O) groups excluding carboxylic acids is 1. The number of nitrogens with one attached hydrogen (secondary N) is 1. The van der Waals surface area contributed by atoms with Crippen molar-refractivity contribution in [2.75, 3.05) is 20.3 Å². The maximum atomic E-state index is 12.0. The average Bonchev–Trinajstić information content (AvgIpc) is 2.42. The molecule has 19 heavy (non-hydrogen) atoms. The molecule has 0 saturated heterocycles. The fourth-order valence-corrected chi connectivity index (χ4v) is 1.93. The summed E-state index contributed by atoms with van der Waals surface area (Å²) in [5.74, 6) is 1.13. The van der Waals surface area contributed by atoms with Gasteiger partial charge in [-0.05, 0) is 25.5 Å². The van der Waals surface area contributed by atoms with E-state index in [-0.39, 0.29) is 12.0 Å². The number of amides is 1. The number of ether oxygens (including phenoxy) is 3. The van der Waals surface area contributed by atoms with E-state index in [1.807, 2.05) is 25.1 Å². The van der Waals surface area contributed by atoms with E-state index in [4.69, 9.17) is 14.2 Å². The molecule has 5 nitrogen and oxygen atoms in total. The van der Waals surface area contributed by atoms with Crippen LogP contribution < -0.4 is 14.8 Å². The zero-order chi connectivity index (χ0) is 13.7. The molecule has 5 heteroatoms. The van der Waals surface area contributed by atoms with Crippen molar-refractivity contribution in [3.05, 3.63) is 24.3 Å². The van der Waals surface area contributed by atoms with Crippen LogP contribution in [0.1, 0.15) is 13.3 Å². The Bertz CT molecular complexity index is 435. The van der Waals surface area contributed by atoms with Gasteiger partial charge in [0, 0.05) is 20.3 Å². The Balaban J connectivity index is 1.92. The highest BCUT2D eigenvalue weighted by atomic mass is 16.6. The zero-order valence-corrected chi connectivity index (χ0v) is 11.2. The first-order valence-corrected chi connectivity index (χ1v) is 6.41. The first-order chi connectivity index (χ1) is 9.22. The molecule has 2 rings (SSSR count). The second-order valence-corrected chi connectivity index (χ2v) is 4.45. The molecule has 1 amide bonds. The van der Waals surface area contributed by atoms with Gasteiger partial charge in [-0.25, -0.2) is 0 Å². The lowest BCUT2D eigenvalue weighted by Crippen LogP contribution is -2.49. The number of hydrogen-bond acceptors (Lipinski definition) is 4. The minimum atomic E-state index is -0.613. The van der Waals surface area contributed by atoms with Crippen molar-refractivity contribution in [3.63, 3.8) is 0 Å². The van der Waals surface area contributed by atoms with Crippen LogP contribution in [0.3, 0.4) is 0 Å². The molecular formula is C14H19NO4. The summed E-state index contributed by atoms with van der Waals surface area (Å²) < 4.78 is 16.3. The van der Waals surface area contributed by atoms with Gasteiger partial charge in [-0.2, -0.15) is 0 Å². The molecule has 1 aliphatic rings. The Kier molecular flexibility index (Phi) is 4.63. The molecule has 0 fully saturated rings. The highest BCUT2D eigenvalue weighted by Gasteiger charge is 2.33. The largest absolute Gasteiger partial charge is 0.482 e. The molecule has 1 aromatic rings. The summed E-state index contributed by atoms with van der Waals surface area (Å²) in [6, 6.07) is 7.36. The molecule has 1 heterocycles. The van der Waals surface area contributed by atoms with Gasteiger partial charge in [0.25, 0.3) is 5.91 Å². The maximum absolute atomic E-state index is 12.0. The molecule has 104 valence electrons. The summed E-state index contributed by atoms with van der Waals surface area (Å²) in [5, 5.41) is 2.82. The van der Waals surface area contributed by atoms with Crippen molar-refractivity contribution in [2.24, 2.45) is 0 Å². The Morgan fingerprint density at radius 3 is 2.68 bits per heavy atom. The maximum Gasteiger partial charge on any atom is 0.265 e. The van der Waals surface area contributed by atoms with Crippen LogP contribution in [0.25, 0.3) is 0 Å². The summed E-state index contributed by atoms with van der Waals surface area (Å²) in [4.78, 5) is 12.0. The van der Waals surface area contributed by atoms with Crippen molar-refractivity contribution in [3.8, 4) is 11.5 Å². The minimum Gasteiger partial charge on any atom is -0.482 e. The van der Waals surface area contributed by atoms with Crippen molar-refractivity contribution < 1.29 is 19.0 Å². The summed E-state index contributed by atoms with van der Waals surface area (Å²) in [6.07, 6.45) is -0.143. The van der Waals surface area contributed by atoms with Crippen molar-refractivity contribution >= 4 is 5.91 Å². The van der Waals surface area contributed by atoms with Crippen LogP contribution in [0.5, 0.6) is 11.5 Å². The Labute approximate surface area is 112 Å². The number of benzene rings is 1. The van der Waals surface area contributed by atoms with Crippen LogP contribution in [0, 0.1) is 0 Å². The first kappa shape index (κ1) is 13.7. The molecule has 0 saturated carbocycles. The van der Waals surface area contributed by atoms with Crippen molar-refractivity contribution in [2.45, 2.75) is 25.6 Å². The van der Waals surface area contributed by atoms with E-state index in [2.05, 4.69) is 5.32 Å². The quantitative estimate of drug-likeness (QED) is 0.817. The van der Waals surface area contributed by atoms with E-state index in [0.717, 1.165) is 6.42 Å². The number of rotatable bonds is 5. The molecule has 0 aliphatic carbocycles. The lowest BCUT2D eigenvalue weighted by molar-refractivity contribution is -0.133. The fourth-order valence-electron chi connectivity index (χ4n) is 1.93. The van der Waals surface area contributed by atoms with E-state index < -0.39 is 6.10 Å². The van der Waals surface area contributed by atoms with Gasteiger partial charge >= 0.3 is 0 Å². The van der Waals surface area contributed by atoms with Crippen molar-refractivity contribution in [1.29, 1.82) is 0 Å². The predicted molar refractivity (Wildman–Crippen MR) is 70.5 cm³/mol. The summed E-state index contributed by atoms with van der Waals surface area (Å²) in [6.45, 7) is 3.02. The molecule has 0 bridgehead atoms. The van der Waals surface area contributed by atoms with E-state index in [0.29, 0.717) is 24.7 Å². The van der Waals surface area contributed by atoms with Gasteiger partial charge < -0.3 is 19.5 Å². The molecule has 0 aromatic heterocycles. The summed E-state index contributed by atoms with van der Waals surface area (Å²) >= 11 is 0. The number of carbonyl (C=O) groups is 1. The van der Waals surface area contributed by atoms with E-state index in [9.17, 15) is 4.79 Å². The van der Waals surface area contributed by atoms with Gasteiger partial charge in [0.2, 0.25) is 6.10 Å². The lowest BCUT2D eigenvalue weighted by Gasteiger charge is -2.31. The zero-order valence-electron chi connectivity index (χ0n) is 11.2. The number of fused-ring (bicyclic) bond motifs is 1. The van der Waals surface area contributed by atoms with Gasteiger partial charge in [-0.3, -0.25) is 4.79 Å². The van der Waals surface area contributed by atoms with Crippen LogP contribution in [-0.4, -0.2) is 38.4 Å². The Morgan fingerprint density at radius 1 is 1.32 bits per heavy atom. The third kappa shape index (κ3) is 3.38. The molecule has 2 unspecified atom stereocenters. The third-order valence-corrected chi connectivity index (χ3v) is 2.93. The van der Waals surface area contributed by atoms with Gasteiger partial charge in [0.05, 0.1) is 0 Å². The van der Waals surface area contributed by atoms with Crippen LogP contribution in [0.15, 0.2) is 24.3 Å². The van der Waals surface area contributed by atoms with Crippen LogP contribution in [0.2, 0.25) is 0 Å². The van der Waals surface area contributed by atoms with Crippen LogP contribution in [0.4, 0.5) is 0 Å². The number of hydrogen-bond donors (Lipinski definition) is 1. The first-order valence-electron chi connectivity index (χ1n) is 6.41. The molecule has 1 aromatic carbocycles. The number of methoxy groups -OCH3 is 1.